The van der Waals surface area contributed by atoms with E-state index in [1.165, 1.54) is 29.2 Å². The first-order chi connectivity index (χ1) is 14.7. The number of alkyl halides is 2. The number of carbonyl (C=O) groups is 3. The van der Waals surface area contributed by atoms with Crippen molar-refractivity contribution in [3.05, 3.63) is 69.7 Å². The van der Waals surface area contributed by atoms with Crippen LogP contribution in [-0.2, 0) is 28.6 Å². The highest BCUT2D eigenvalue weighted by Crippen LogP contribution is 2.29. The Morgan fingerprint density at radius 2 is 1.90 bits per heavy atom. The van der Waals surface area contributed by atoms with Crippen LogP contribution in [0.5, 0.6) is 0 Å². The maximum Gasteiger partial charge on any atom is 0.307 e. The van der Waals surface area contributed by atoms with Crippen molar-refractivity contribution in [2.24, 2.45) is 4.99 Å². The van der Waals surface area contributed by atoms with E-state index < -0.39 is 17.9 Å². The van der Waals surface area contributed by atoms with Crippen LogP contribution in [0.1, 0.15) is 39.9 Å². The van der Waals surface area contributed by atoms with Crippen molar-refractivity contribution in [3.63, 3.8) is 0 Å². The van der Waals surface area contributed by atoms with Gasteiger partial charge in [0.1, 0.15) is 6.04 Å². The molecule has 0 saturated carbocycles. The van der Waals surface area contributed by atoms with Gasteiger partial charge in [-0.25, -0.2) is 0 Å². The van der Waals surface area contributed by atoms with E-state index in [0.29, 0.717) is 27.9 Å². The molecule has 2 heterocycles. The van der Waals surface area contributed by atoms with Gasteiger partial charge in [0, 0.05) is 29.1 Å². The number of nitrogens with zero attached hydrogens (tertiary/aromatic N) is 2. The highest BCUT2D eigenvalue weighted by molar-refractivity contribution is 6.30. The van der Waals surface area contributed by atoms with Gasteiger partial charge in [0.25, 0.3) is 5.91 Å². The molecule has 2 aliphatic rings. The summed E-state index contributed by atoms with van der Waals surface area (Å²) < 4.78 is 28.6. The number of rotatable bonds is 5. The molecule has 0 bridgehead atoms. The first-order valence-electron chi connectivity index (χ1n) is 9.66. The zero-order valence-corrected chi connectivity index (χ0v) is 17.0. The van der Waals surface area contributed by atoms with E-state index in [2.05, 4.69) is 10.3 Å². The smallest absolute Gasteiger partial charge is 0.307 e. The van der Waals surface area contributed by atoms with Gasteiger partial charge in [-0.2, -0.15) is 8.78 Å². The Morgan fingerprint density at radius 3 is 2.61 bits per heavy atom. The molecule has 2 aliphatic heterocycles. The fourth-order valence-corrected chi connectivity index (χ4v) is 3.86. The number of hydrogen-bond donors (Lipinski definition) is 1. The fourth-order valence-electron chi connectivity index (χ4n) is 3.74. The molecule has 2 aromatic carbocycles. The second-order valence-corrected chi connectivity index (χ2v) is 7.93. The van der Waals surface area contributed by atoms with Gasteiger partial charge in [-0.1, -0.05) is 35.9 Å². The van der Waals surface area contributed by atoms with E-state index in [1.54, 1.807) is 18.2 Å². The lowest BCUT2D eigenvalue weighted by Crippen LogP contribution is -2.52. The summed E-state index contributed by atoms with van der Waals surface area (Å²) in [6.07, 6.45) is 1.06. The fraction of sp³-hybridized carbons (Fsp3) is 0.273. The molecule has 1 unspecified atom stereocenters. The van der Waals surface area contributed by atoms with Gasteiger partial charge in [-0.15, -0.1) is 0 Å². The number of hydrogen-bond acceptors (Lipinski definition) is 4. The molecular formula is C22H18ClF2N3O3. The lowest BCUT2D eigenvalue weighted by atomic mass is 10.0. The van der Waals surface area contributed by atoms with E-state index in [9.17, 15) is 23.2 Å². The van der Waals surface area contributed by atoms with Gasteiger partial charge in [-0.3, -0.25) is 24.7 Å². The van der Waals surface area contributed by atoms with Crippen molar-refractivity contribution in [2.75, 3.05) is 0 Å². The second-order valence-electron chi connectivity index (χ2n) is 7.49. The molecule has 6 nitrogen and oxygen atoms in total. The first-order valence-corrected chi connectivity index (χ1v) is 10.0. The maximum absolute atomic E-state index is 14.3. The minimum atomic E-state index is -3.24. The van der Waals surface area contributed by atoms with E-state index in [-0.39, 0.29) is 43.3 Å². The summed E-state index contributed by atoms with van der Waals surface area (Å²) in [4.78, 5) is 41.4. The average molecular weight is 446 g/mol. The van der Waals surface area contributed by atoms with Crippen molar-refractivity contribution in [2.45, 2.75) is 37.9 Å². The first kappa shape index (κ1) is 21.1. The molecule has 31 heavy (non-hydrogen) atoms. The van der Waals surface area contributed by atoms with Crippen LogP contribution in [0.15, 0.2) is 47.5 Å². The van der Waals surface area contributed by atoms with E-state index in [0.717, 1.165) is 0 Å². The summed E-state index contributed by atoms with van der Waals surface area (Å²) in [5, 5.41) is 2.63. The van der Waals surface area contributed by atoms with Gasteiger partial charge in [0.2, 0.25) is 11.8 Å². The summed E-state index contributed by atoms with van der Waals surface area (Å²) in [6, 6.07) is 9.59. The number of imide groups is 1. The number of aliphatic imine (C=N–C) groups is 1. The molecule has 1 saturated heterocycles. The number of carbonyl (C=O) groups excluding carboxylic acids is 3. The monoisotopic (exact) mass is 445 g/mol. The van der Waals surface area contributed by atoms with Gasteiger partial charge >= 0.3 is 5.92 Å². The predicted octanol–water partition coefficient (Wildman–Crippen LogP) is 3.46. The second kappa shape index (κ2) is 8.19. The normalized spacial score (nSPS) is 19.1. The topological polar surface area (TPSA) is 78.8 Å². The number of nitrogens with one attached hydrogen (secondary N) is 1. The molecule has 1 N–H and O–H groups in total. The Balaban J connectivity index is 1.45. The Morgan fingerprint density at radius 1 is 1.16 bits per heavy atom. The minimum absolute atomic E-state index is 0.0169. The Hall–Kier alpha value is -3.13. The SMILES string of the molecule is O=C1CCC(N2Cc3cc(C/N=C/C(F)(F)c4ccc(Cl)cc4)ccc3C2=O)C(=O)N1. The van der Waals surface area contributed by atoms with Crippen LogP contribution in [0.25, 0.3) is 0 Å². The summed E-state index contributed by atoms with van der Waals surface area (Å²) in [7, 11) is 0. The predicted molar refractivity (Wildman–Crippen MR) is 110 cm³/mol. The third-order valence-corrected chi connectivity index (χ3v) is 5.60. The van der Waals surface area contributed by atoms with Gasteiger partial charge < -0.3 is 4.90 Å². The molecule has 0 spiro atoms. The van der Waals surface area contributed by atoms with Crippen molar-refractivity contribution in [1.29, 1.82) is 0 Å². The lowest BCUT2D eigenvalue weighted by molar-refractivity contribution is -0.136. The van der Waals surface area contributed by atoms with Crippen molar-refractivity contribution in [3.8, 4) is 0 Å². The van der Waals surface area contributed by atoms with Crippen molar-refractivity contribution in [1.82, 2.24) is 10.2 Å². The molecule has 2 aromatic rings. The molecule has 160 valence electrons. The number of piperidine rings is 1. The summed E-state index contributed by atoms with van der Waals surface area (Å²) in [5.74, 6) is -4.35. The lowest BCUT2D eigenvalue weighted by Gasteiger charge is -2.29. The zero-order chi connectivity index (χ0) is 22.2. The van der Waals surface area contributed by atoms with Crippen LogP contribution < -0.4 is 5.32 Å². The summed E-state index contributed by atoms with van der Waals surface area (Å²) in [5.41, 5.74) is 1.62. The summed E-state index contributed by atoms with van der Waals surface area (Å²) >= 11 is 5.73. The Kier molecular flexibility index (Phi) is 5.58. The molecule has 1 fully saturated rings. The molecule has 1 atom stereocenters. The van der Waals surface area contributed by atoms with E-state index in [1.807, 2.05) is 0 Å². The third kappa shape index (κ3) is 4.34. The molecule has 0 aromatic heterocycles. The molecule has 3 amide bonds. The third-order valence-electron chi connectivity index (χ3n) is 5.34. The number of fused-ring (bicyclic) bond motifs is 1. The van der Waals surface area contributed by atoms with Crippen molar-refractivity contribution >= 4 is 35.5 Å². The molecular weight excluding hydrogens is 428 g/mol. The summed E-state index contributed by atoms with van der Waals surface area (Å²) in [6.45, 7) is 0.238. The van der Waals surface area contributed by atoms with Gasteiger partial charge in [0.15, 0.2) is 0 Å². The van der Waals surface area contributed by atoms with Crippen LogP contribution in [0, 0.1) is 0 Å². The van der Waals surface area contributed by atoms with Crippen LogP contribution >= 0.6 is 11.6 Å². The quantitative estimate of drug-likeness (QED) is 0.565. The molecule has 4 rings (SSSR count). The maximum atomic E-state index is 14.3. The highest BCUT2D eigenvalue weighted by Gasteiger charge is 2.39. The molecule has 0 radical (unpaired) electrons. The van der Waals surface area contributed by atoms with Gasteiger partial charge in [0.05, 0.1) is 12.8 Å². The number of amides is 3. The van der Waals surface area contributed by atoms with Crippen molar-refractivity contribution < 1.29 is 23.2 Å². The number of halogens is 3. The number of benzene rings is 2. The highest BCUT2D eigenvalue weighted by atomic mass is 35.5. The van der Waals surface area contributed by atoms with Crippen LogP contribution in [0.3, 0.4) is 0 Å². The van der Waals surface area contributed by atoms with Crippen LogP contribution in [0.4, 0.5) is 8.78 Å². The Bertz CT molecular complexity index is 1090. The minimum Gasteiger partial charge on any atom is -0.322 e. The largest absolute Gasteiger partial charge is 0.322 e. The zero-order valence-electron chi connectivity index (χ0n) is 16.3. The standard InChI is InChI=1S/C22H18ClF2N3O3/c23-16-4-2-15(3-5-16)22(24,25)12-26-10-13-1-6-17-14(9-13)11-28(21(17)31)18-7-8-19(29)27-20(18)30/h1-6,9,12,18H,7-8,10-11H2,(H,27,29,30)/b26-12+. The van der Waals surface area contributed by atoms with Crippen LogP contribution in [0.2, 0.25) is 5.02 Å². The Labute approximate surface area is 181 Å². The van der Waals surface area contributed by atoms with Crippen LogP contribution in [-0.4, -0.2) is 34.9 Å². The molecule has 9 heteroatoms. The van der Waals surface area contributed by atoms with Gasteiger partial charge in [-0.05, 0) is 35.7 Å². The molecule has 0 aliphatic carbocycles. The van der Waals surface area contributed by atoms with E-state index in [4.69, 9.17) is 11.6 Å². The average Bonchev–Trinajstić information content (AvgIpc) is 3.04. The van der Waals surface area contributed by atoms with E-state index >= 15 is 0 Å².